The average molecular weight is 320 g/mol. The van der Waals surface area contributed by atoms with Gasteiger partial charge in [-0.25, -0.2) is 13.6 Å². The summed E-state index contributed by atoms with van der Waals surface area (Å²) in [6.07, 6.45) is 4.62. The number of rotatable bonds is 9. The monoisotopic (exact) mass is 320 g/mol. The number of sulfonamides is 1. The molecule has 0 saturated heterocycles. The van der Waals surface area contributed by atoms with Crippen LogP contribution in [-0.4, -0.2) is 53.5 Å². The summed E-state index contributed by atoms with van der Waals surface area (Å²) >= 11 is 0. The molecule has 21 heavy (non-hydrogen) atoms. The number of ether oxygens (including phenoxy) is 1. The van der Waals surface area contributed by atoms with Gasteiger partial charge in [-0.15, -0.1) is 0 Å². The van der Waals surface area contributed by atoms with Gasteiger partial charge in [0, 0.05) is 33.4 Å². The predicted molar refractivity (Wildman–Crippen MR) is 84.7 cm³/mol. The molecule has 8 heteroatoms. The van der Waals surface area contributed by atoms with Crippen molar-refractivity contribution in [2.45, 2.75) is 32.6 Å². The summed E-state index contributed by atoms with van der Waals surface area (Å²) < 4.78 is 27.0. The van der Waals surface area contributed by atoms with Crippen LogP contribution in [0, 0.1) is 5.41 Å². The third-order valence-electron chi connectivity index (χ3n) is 3.85. The summed E-state index contributed by atoms with van der Waals surface area (Å²) in [5, 5.41) is 11.1. The van der Waals surface area contributed by atoms with Gasteiger partial charge in [0.1, 0.15) is 0 Å². The summed E-state index contributed by atoms with van der Waals surface area (Å²) in [5.41, 5.74) is 0.248. The minimum absolute atomic E-state index is 0.105. The lowest BCUT2D eigenvalue weighted by Gasteiger charge is -2.40. The number of aliphatic imine (C=N–C) groups is 1. The molecule has 0 aromatic heterocycles. The lowest BCUT2D eigenvalue weighted by molar-refractivity contribution is 0.0778. The van der Waals surface area contributed by atoms with Crippen molar-refractivity contribution >= 4 is 16.0 Å². The molecule has 1 aliphatic rings. The Labute approximate surface area is 127 Å². The molecule has 0 radical (unpaired) electrons. The smallest absolute Gasteiger partial charge is 0.210 e. The zero-order valence-corrected chi connectivity index (χ0v) is 13.8. The largest absolute Gasteiger partial charge is 0.385 e. The second-order valence-corrected chi connectivity index (χ2v) is 7.32. The molecule has 1 rings (SSSR count). The topological polar surface area (TPSA) is 106 Å². The second kappa shape index (κ2) is 8.55. The first-order valence-electron chi connectivity index (χ1n) is 7.42. The number of nitrogens with zero attached hydrogens (tertiary/aromatic N) is 1. The molecule has 0 aromatic rings. The van der Waals surface area contributed by atoms with Crippen LogP contribution in [0.2, 0.25) is 0 Å². The summed E-state index contributed by atoms with van der Waals surface area (Å²) in [4.78, 5) is 4.58. The van der Waals surface area contributed by atoms with Crippen molar-refractivity contribution in [3.8, 4) is 0 Å². The summed E-state index contributed by atoms with van der Waals surface area (Å²) in [6.45, 7) is 4.45. The highest BCUT2D eigenvalue weighted by Gasteiger charge is 2.36. The number of primary sulfonamides is 1. The molecule has 1 aliphatic carbocycles. The molecule has 7 nitrogen and oxygen atoms in total. The maximum Gasteiger partial charge on any atom is 0.210 e. The molecular weight excluding hydrogens is 292 g/mol. The maximum atomic E-state index is 10.9. The Morgan fingerprint density at radius 1 is 1.38 bits per heavy atom. The van der Waals surface area contributed by atoms with Crippen molar-refractivity contribution in [3.05, 3.63) is 0 Å². The van der Waals surface area contributed by atoms with Gasteiger partial charge < -0.3 is 15.4 Å². The Bertz CT molecular complexity index is 433. The Kier molecular flexibility index (Phi) is 7.41. The molecule has 0 amide bonds. The molecule has 1 fully saturated rings. The van der Waals surface area contributed by atoms with Crippen LogP contribution in [0.1, 0.15) is 32.6 Å². The van der Waals surface area contributed by atoms with E-state index in [4.69, 9.17) is 9.88 Å². The fourth-order valence-electron chi connectivity index (χ4n) is 2.38. The zero-order valence-electron chi connectivity index (χ0n) is 13.0. The Hall–Kier alpha value is -0.860. The van der Waals surface area contributed by atoms with E-state index in [0.717, 1.165) is 26.1 Å². The first-order chi connectivity index (χ1) is 9.91. The fraction of sp³-hybridized carbons (Fsp3) is 0.923. The van der Waals surface area contributed by atoms with Gasteiger partial charge >= 0.3 is 0 Å². The van der Waals surface area contributed by atoms with E-state index in [1.165, 1.54) is 19.3 Å². The van der Waals surface area contributed by atoms with Crippen LogP contribution in [0.25, 0.3) is 0 Å². The average Bonchev–Trinajstić information content (AvgIpc) is 2.35. The van der Waals surface area contributed by atoms with Crippen LogP contribution in [0.15, 0.2) is 4.99 Å². The van der Waals surface area contributed by atoms with Crippen molar-refractivity contribution in [3.63, 3.8) is 0 Å². The van der Waals surface area contributed by atoms with E-state index in [-0.39, 0.29) is 17.7 Å². The van der Waals surface area contributed by atoms with Crippen LogP contribution in [0.3, 0.4) is 0 Å². The molecule has 0 atom stereocenters. The highest BCUT2D eigenvalue weighted by molar-refractivity contribution is 7.89. The highest BCUT2D eigenvalue weighted by atomic mass is 32.2. The van der Waals surface area contributed by atoms with Crippen LogP contribution < -0.4 is 15.8 Å². The Morgan fingerprint density at radius 2 is 2.10 bits per heavy atom. The highest BCUT2D eigenvalue weighted by Crippen LogP contribution is 2.44. The van der Waals surface area contributed by atoms with Crippen LogP contribution in [0.4, 0.5) is 0 Å². The molecular formula is C13H28N4O3S. The quantitative estimate of drug-likeness (QED) is 0.411. The minimum Gasteiger partial charge on any atom is -0.385 e. The van der Waals surface area contributed by atoms with Gasteiger partial charge in [0.2, 0.25) is 10.0 Å². The van der Waals surface area contributed by atoms with E-state index in [0.29, 0.717) is 5.96 Å². The van der Waals surface area contributed by atoms with E-state index in [2.05, 4.69) is 15.6 Å². The predicted octanol–water partition coefficient (Wildman–Crippen LogP) is 0.0368. The van der Waals surface area contributed by atoms with Gasteiger partial charge in [-0.3, -0.25) is 4.99 Å². The Balaban J connectivity index is 2.49. The second-order valence-electron chi connectivity index (χ2n) is 5.59. The number of methoxy groups -OCH3 is 1. The van der Waals surface area contributed by atoms with Crippen LogP contribution >= 0.6 is 0 Å². The zero-order chi connectivity index (χ0) is 15.8. The van der Waals surface area contributed by atoms with Crippen LogP contribution in [-0.2, 0) is 14.8 Å². The van der Waals surface area contributed by atoms with Gasteiger partial charge in [0.05, 0.1) is 5.75 Å². The molecule has 0 spiro atoms. The van der Waals surface area contributed by atoms with E-state index in [1.54, 1.807) is 7.11 Å². The molecule has 0 bridgehead atoms. The fourth-order valence-corrected chi connectivity index (χ4v) is 2.77. The van der Waals surface area contributed by atoms with E-state index >= 15 is 0 Å². The number of hydrogen-bond donors (Lipinski definition) is 3. The van der Waals surface area contributed by atoms with Gasteiger partial charge in [0.15, 0.2) is 5.96 Å². The SMILES string of the molecule is CCNC(=NCC1(CCOC)CCC1)NCCS(N)(=O)=O. The molecule has 0 unspecified atom stereocenters. The lowest BCUT2D eigenvalue weighted by atomic mass is 9.67. The molecule has 4 N–H and O–H groups in total. The van der Waals surface area contributed by atoms with Crippen molar-refractivity contribution in [1.29, 1.82) is 0 Å². The van der Waals surface area contributed by atoms with Crippen LogP contribution in [0.5, 0.6) is 0 Å². The third-order valence-corrected chi connectivity index (χ3v) is 4.62. The molecule has 0 heterocycles. The summed E-state index contributed by atoms with van der Waals surface area (Å²) in [6, 6.07) is 0. The van der Waals surface area contributed by atoms with E-state index < -0.39 is 10.0 Å². The van der Waals surface area contributed by atoms with Crippen molar-refractivity contribution < 1.29 is 13.2 Å². The third kappa shape index (κ3) is 7.10. The van der Waals surface area contributed by atoms with Crippen molar-refractivity contribution in [1.82, 2.24) is 10.6 Å². The number of nitrogens with two attached hydrogens (primary N) is 1. The number of nitrogens with one attached hydrogen (secondary N) is 2. The molecule has 1 saturated carbocycles. The van der Waals surface area contributed by atoms with E-state index in [1.807, 2.05) is 6.92 Å². The van der Waals surface area contributed by atoms with Gasteiger partial charge in [-0.2, -0.15) is 0 Å². The van der Waals surface area contributed by atoms with Gasteiger partial charge in [0.25, 0.3) is 0 Å². The number of guanidine groups is 1. The minimum atomic E-state index is -3.45. The van der Waals surface area contributed by atoms with Gasteiger partial charge in [-0.1, -0.05) is 6.42 Å². The lowest BCUT2D eigenvalue weighted by Crippen LogP contribution is -2.42. The maximum absolute atomic E-state index is 10.9. The standard InChI is InChI=1S/C13H28N4O3S/c1-3-15-12(16-8-10-21(14,18)19)17-11-13(5-4-6-13)7-9-20-2/h3-11H2,1-2H3,(H2,14,18,19)(H2,15,16,17). The first-order valence-corrected chi connectivity index (χ1v) is 9.14. The van der Waals surface area contributed by atoms with Crippen molar-refractivity contribution in [2.24, 2.45) is 15.5 Å². The Morgan fingerprint density at radius 3 is 2.57 bits per heavy atom. The number of hydrogen-bond acceptors (Lipinski definition) is 4. The van der Waals surface area contributed by atoms with Crippen molar-refractivity contribution in [2.75, 3.05) is 39.1 Å². The van der Waals surface area contributed by atoms with E-state index in [9.17, 15) is 8.42 Å². The molecule has 0 aromatic carbocycles. The van der Waals surface area contributed by atoms with Gasteiger partial charge in [-0.05, 0) is 31.6 Å². The molecule has 0 aliphatic heterocycles. The summed E-state index contributed by atoms with van der Waals surface area (Å²) in [5.74, 6) is 0.538. The first kappa shape index (κ1) is 18.2. The molecule has 124 valence electrons. The normalized spacial score (nSPS) is 18.1. The summed E-state index contributed by atoms with van der Waals surface area (Å²) in [7, 11) is -1.73.